The summed E-state index contributed by atoms with van der Waals surface area (Å²) in [4.78, 5) is 37.3. The van der Waals surface area contributed by atoms with Crippen LogP contribution in [0.3, 0.4) is 0 Å². The highest BCUT2D eigenvalue weighted by Crippen LogP contribution is 2.44. The van der Waals surface area contributed by atoms with Crippen molar-refractivity contribution in [1.82, 2.24) is 15.5 Å². The van der Waals surface area contributed by atoms with E-state index in [-0.39, 0.29) is 25.6 Å². The number of alkyl carbamates (subject to hydrolysis) is 1. The molecule has 0 radical (unpaired) electrons. The summed E-state index contributed by atoms with van der Waals surface area (Å²) in [6, 6.07) is 15.3. The van der Waals surface area contributed by atoms with Gasteiger partial charge in [0, 0.05) is 25.1 Å². The van der Waals surface area contributed by atoms with E-state index >= 15 is 0 Å². The average molecular weight is 437 g/mol. The predicted molar refractivity (Wildman–Crippen MR) is 120 cm³/mol. The molecule has 168 valence electrons. The lowest BCUT2D eigenvalue weighted by Crippen LogP contribution is -2.51. The highest BCUT2D eigenvalue weighted by molar-refractivity contribution is 5.86. The van der Waals surface area contributed by atoms with Gasteiger partial charge in [0.2, 0.25) is 5.91 Å². The van der Waals surface area contributed by atoms with Crippen molar-refractivity contribution in [3.63, 3.8) is 0 Å². The molecule has 1 atom stereocenters. The van der Waals surface area contributed by atoms with Crippen molar-refractivity contribution < 1.29 is 24.2 Å². The molecule has 2 aromatic carbocycles. The van der Waals surface area contributed by atoms with Crippen LogP contribution in [0.4, 0.5) is 4.79 Å². The normalized spacial score (nSPS) is 13.5. The Labute approximate surface area is 186 Å². The highest BCUT2D eigenvalue weighted by Gasteiger charge is 2.29. The lowest BCUT2D eigenvalue weighted by atomic mass is 9.98. The summed E-state index contributed by atoms with van der Waals surface area (Å²) in [7, 11) is 3.56. The predicted octanol–water partition coefficient (Wildman–Crippen LogP) is 2.21. The minimum Gasteiger partial charge on any atom is -0.478 e. The first-order valence-electron chi connectivity index (χ1n) is 10.3. The summed E-state index contributed by atoms with van der Waals surface area (Å²) < 4.78 is 5.52. The summed E-state index contributed by atoms with van der Waals surface area (Å²) in [6.07, 6.45) is 1.58. The van der Waals surface area contributed by atoms with Crippen molar-refractivity contribution >= 4 is 18.0 Å². The van der Waals surface area contributed by atoms with Crippen LogP contribution in [0.25, 0.3) is 11.1 Å². The van der Waals surface area contributed by atoms with Crippen LogP contribution in [0, 0.1) is 0 Å². The van der Waals surface area contributed by atoms with E-state index in [9.17, 15) is 14.4 Å². The Morgan fingerprint density at radius 3 is 2.22 bits per heavy atom. The van der Waals surface area contributed by atoms with Gasteiger partial charge in [-0.05, 0) is 36.3 Å². The molecule has 0 aliphatic heterocycles. The van der Waals surface area contributed by atoms with Gasteiger partial charge in [-0.1, -0.05) is 54.6 Å². The number of carbonyl (C=O) groups is 3. The van der Waals surface area contributed by atoms with Crippen LogP contribution in [0.1, 0.15) is 17.0 Å². The fourth-order valence-electron chi connectivity index (χ4n) is 3.78. The number of likely N-dealkylation sites (N-methyl/N-ethyl adjacent to an activating group) is 1. The molecule has 8 nitrogen and oxygen atoms in total. The number of carboxylic acids is 1. The number of aliphatic carboxylic acids is 1. The Hall–Kier alpha value is -3.65. The van der Waals surface area contributed by atoms with Crippen LogP contribution in [-0.2, 0) is 14.3 Å². The zero-order valence-electron chi connectivity index (χ0n) is 18.1. The summed E-state index contributed by atoms with van der Waals surface area (Å²) in [5.74, 6) is -1.60. The Bertz CT molecular complexity index is 973. The summed E-state index contributed by atoms with van der Waals surface area (Å²) in [5.41, 5.74) is 4.48. The highest BCUT2D eigenvalue weighted by atomic mass is 16.5. The first-order chi connectivity index (χ1) is 15.4. The molecule has 0 aromatic heterocycles. The second-order valence-electron chi connectivity index (χ2n) is 7.77. The maximum absolute atomic E-state index is 12.5. The van der Waals surface area contributed by atoms with Crippen molar-refractivity contribution in [3.8, 4) is 11.1 Å². The number of carbonyl (C=O) groups excluding carboxylic acids is 2. The van der Waals surface area contributed by atoms with Gasteiger partial charge in [0.1, 0.15) is 12.6 Å². The maximum Gasteiger partial charge on any atom is 0.407 e. The molecule has 0 spiro atoms. The van der Waals surface area contributed by atoms with Gasteiger partial charge in [-0.25, -0.2) is 9.59 Å². The number of hydrogen-bond donors (Lipinski definition) is 3. The Morgan fingerprint density at radius 2 is 1.66 bits per heavy atom. The Kier molecular flexibility index (Phi) is 7.62. The van der Waals surface area contributed by atoms with Crippen LogP contribution < -0.4 is 10.6 Å². The zero-order valence-corrected chi connectivity index (χ0v) is 18.1. The van der Waals surface area contributed by atoms with Crippen molar-refractivity contribution in [3.05, 3.63) is 71.8 Å². The minimum absolute atomic E-state index is 0.0431. The first kappa shape index (κ1) is 23.0. The molecule has 1 aliphatic carbocycles. The van der Waals surface area contributed by atoms with E-state index in [1.807, 2.05) is 36.4 Å². The summed E-state index contributed by atoms with van der Waals surface area (Å²) in [5, 5.41) is 13.8. The molecule has 0 bridgehead atoms. The fraction of sp³-hybridized carbons (Fsp3) is 0.292. The first-order valence-corrected chi connectivity index (χ1v) is 10.3. The lowest BCUT2D eigenvalue weighted by molar-refractivity contribution is -0.131. The fourth-order valence-corrected chi connectivity index (χ4v) is 3.78. The van der Waals surface area contributed by atoms with Crippen LogP contribution >= 0.6 is 0 Å². The molecular formula is C24H27N3O5. The van der Waals surface area contributed by atoms with E-state index in [0.29, 0.717) is 0 Å². The van der Waals surface area contributed by atoms with Gasteiger partial charge in [-0.3, -0.25) is 4.79 Å². The van der Waals surface area contributed by atoms with Gasteiger partial charge in [0.15, 0.2) is 0 Å². The van der Waals surface area contributed by atoms with E-state index in [2.05, 4.69) is 22.8 Å². The largest absolute Gasteiger partial charge is 0.478 e. The molecular weight excluding hydrogens is 410 g/mol. The SMILES string of the molecule is CN(C)C[C@H](NC(=O)OCC1c2ccccc2-c2ccccc21)C(=O)NC/C=C\C(=O)O. The molecule has 2 aromatic rings. The Morgan fingerprint density at radius 1 is 1.06 bits per heavy atom. The number of rotatable bonds is 9. The van der Waals surface area contributed by atoms with E-state index < -0.39 is 24.0 Å². The molecule has 8 heteroatoms. The molecule has 0 heterocycles. The molecule has 32 heavy (non-hydrogen) atoms. The molecule has 0 saturated heterocycles. The number of benzene rings is 2. The van der Waals surface area contributed by atoms with Crippen molar-refractivity contribution in [2.24, 2.45) is 0 Å². The van der Waals surface area contributed by atoms with Gasteiger partial charge < -0.3 is 25.4 Å². The van der Waals surface area contributed by atoms with Crippen molar-refractivity contribution in [1.29, 1.82) is 0 Å². The molecule has 0 unspecified atom stereocenters. The van der Waals surface area contributed by atoms with Gasteiger partial charge in [0.25, 0.3) is 0 Å². The molecule has 2 amide bonds. The number of fused-ring (bicyclic) bond motifs is 3. The second kappa shape index (κ2) is 10.6. The monoisotopic (exact) mass is 437 g/mol. The van der Waals surface area contributed by atoms with Gasteiger partial charge in [0.05, 0.1) is 0 Å². The molecule has 3 N–H and O–H groups in total. The number of hydrogen-bond acceptors (Lipinski definition) is 5. The smallest absolute Gasteiger partial charge is 0.407 e. The number of nitrogens with one attached hydrogen (secondary N) is 2. The standard InChI is InChI=1S/C24H27N3O5/c1-27(2)14-21(23(30)25-13-7-12-22(28)29)26-24(31)32-15-20-18-10-5-3-8-16(18)17-9-4-6-11-19(17)20/h3-12,20-21H,13-15H2,1-2H3,(H,25,30)(H,26,31)(H,28,29)/b12-7-/t21-/m0/s1. The van der Waals surface area contributed by atoms with Crippen molar-refractivity contribution in [2.75, 3.05) is 33.8 Å². The van der Waals surface area contributed by atoms with Gasteiger partial charge >= 0.3 is 12.1 Å². The number of amides is 2. The molecule has 3 rings (SSSR count). The average Bonchev–Trinajstić information content (AvgIpc) is 3.08. The van der Waals surface area contributed by atoms with E-state index in [1.165, 1.54) is 6.08 Å². The second-order valence-corrected chi connectivity index (χ2v) is 7.77. The third-order valence-electron chi connectivity index (χ3n) is 5.15. The topological polar surface area (TPSA) is 108 Å². The van der Waals surface area contributed by atoms with Crippen LogP contribution in [0.2, 0.25) is 0 Å². The zero-order chi connectivity index (χ0) is 23.1. The van der Waals surface area contributed by atoms with Gasteiger partial charge in [-0.2, -0.15) is 0 Å². The summed E-state index contributed by atoms with van der Waals surface area (Å²) in [6.45, 7) is 0.456. The summed E-state index contributed by atoms with van der Waals surface area (Å²) >= 11 is 0. The van der Waals surface area contributed by atoms with Crippen LogP contribution in [-0.4, -0.2) is 67.8 Å². The van der Waals surface area contributed by atoms with E-state index in [4.69, 9.17) is 9.84 Å². The maximum atomic E-state index is 12.5. The minimum atomic E-state index is -1.10. The Balaban J connectivity index is 1.62. The molecule has 0 fully saturated rings. The third kappa shape index (κ3) is 5.73. The van der Waals surface area contributed by atoms with E-state index in [1.54, 1.807) is 19.0 Å². The van der Waals surface area contributed by atoms with Gasteiger partial charge in [-0.15, -0.1) is 0 Å². The van der Waals surface area contributed by atoms with Crippen LogP contribution in [0.5, 0.6) is 0 Å². The number of carboxylic acid groups (broad SMARTS) is 1. The molecule has 1 aliphatic rings. The van der Waals surface area contributed by atoms with E-state index in [0.717, 1.165) is 28.3 Å². The van der Waals surface area contributed by atoms with Crippen molar-refractivity contribution in [2.45, 2.75) is 12.0 Å². The lowest BCUT2D eigenvalue weighted by Gasteiger charge is -2.22. The third-order valence-corrected chi connectivity index (χ3v) is 5.15. The van der Waals surface area contributed by atoms with Crippen LogP contribution in [0.15, 0.2) is 60.7 Å². The number of nitrogens with zero attached hydrogens (tertiary/aromatic N) is 1. The molecule has 0 saturated carbocycles. The number of ether oxygens (including phenoxy) is 1. The quantitative estimate of drug-likeness (QED) is 0.519.